The number of rotatable bonds is 7. The van der Waals surface area contributed by atoms with Crippen molar-refractivity contribution in [1.29, 1.82) is 0 Å². The van der Waals surface area contributed by atoms with E-state index < -0.39 is 6.04 Å². The minimum absolute atomic E-state index is 0.111. The van der Waals surface area contributed by atoms with Gasteiger partial charge in [0.25, 0.3) is 0 Å². The zero-order valence-electron chi connectivity index (χ0n) is 15.4. The summed E-state index contributed by atoms with van der Waals surface area (Å²) < 4.78 is 5.22. The number of nitrogens with zero attached hydrogens (tertiary/aromatic N) is 4. The summed E-state index contributed by atoms with van der Waals surface area (Å²) in [5.74, 6) is 2.34. The second-order valence-electron chi connectivity index (χ2n) is 6.97. The van der Waals surface area contributed by atoms with Crippen LogP contribution in [0.3, 0.4) is 0 Å². The van der Waals surface area contributed by atoms with Crippen LogP contribution in [0.2, 0.25) is 0 Å². The average Bonchev–Trinajstić information content (AvgIpc) is 3.41. The number of aromatic nitrogens is 4. The van der Waals surface area contributed by atoms with Crippen molar-refractivity contribution in [3.8, 4) is 0 Å². The predicted molar refractivity (Wildman–Crippen MR) is 100 cm³/mol. The van der Waals surface area contributed by atoms with Gasteiger partial charge in [0.1, 0.15) is 18.2 Å². The highest BCUT2D eigenvalue weighted by Gasteiger charge is 2.29. The molecule has 1 amide bonds. The molecule has 8 nitrogen and oxygen atoms in total. The Balaban J connectivity index is 1.33. The number of carbonyl (C=O) groups is 1. The molecule has 2 N–H and O–H groups in total. The Kier molecular flexibility index (Phi) is 4.70. The van der Waals surface area contributed by atoms with Gasteiger partial charge < -0.3 is 15.2 Å². The van der Waals surface area contributed by atoms with Gasteiger partial charge in [0.2, 0.25) is 11.8 Å². The van der Waals surface area contributed by atoms with Crippen molar-refractivity contribution in [3.05, 3.63) is 41.8 Å². The monoisotopic (exact) mass is 366 g/mol. The van der Waals surface area contributed by atoms with E-state index in [1.165, 1.54) is 6.33 Å². The summed E-state index contributed by atoms with van der Waals surface area (Å²) in [4.78, 5) is 25.3. The van der Waals surface area contributed by atoms with Crippen LogP contribution in [0.4, 0.5) is 5.82 Å². The van der Waals surface area contributed by atoms with Gasteiger partial charge in [-0.1, -0.05) is 16.8 Å². The second-order valence-corrected chi connectivity index (χ2v) is 6.97. The molecular formula is C19H22N6O2. The molecule has 1 saturated carbocycles. The Morgan fingerprint density at radius 2 is 2.19 bits per heavy atom. The summed E-state index contributed by atoms with van der Waals surface area (Å²) in [5.41, 5.74) is 1.96. The molecule has 0 aliphatic heterocycles. The van der Waals surface area contributed by atoms with Crippen LogP contribution in [0.5, 0.6) is 0 Å². The van der Waals surface area contributed by atoms with Gasteiger partial charge in [-0.2, -0.15) is 4.98 Å². The topological polar surface area (TPSA) is 106 Å². The second kappa shape index (κ2) is 7.30. The Morgan fingerprint density at radius 1 is 1.33 bits per heavy atom. The van der Waals surface area contributed by atoms with E-state index in [1.807, 2.05) is 25.1 Å². The number of benzene rings is 1. The van der Waals surface area contributed by atoms with Crippen LogP contribution in [-0.4, -0.2) is 38.6 Å². The molecule has 2 heterocycles. The lowest BCUT2D eigenvalue weighted by molar-refractivity contribution is -0.121. The third-order valence-corrected chi connectivity index (χ3v) is 4.60. The normalized spacial score (nSPS) is 14.9. The van der Waals surface area contributed by atoms with Crippen molar-refractivity contribution in [2.45, 2.75) is 45.1 Å². The van der Waals surface area contributed by atoms with Crippen LogP contribution >= 0.6 is 0 Å². The van der Waals surface area contributed by atoms with Crippen LogP contribution in [0.15, 0.2) is 29.0 Å². The smallest absolute Gasteiger partial charge is 0.242 e. The molecule has 0 spiro atoms. The van der Waals surface area contributed by atoms with Crippen molar-refractivity contribution in [2.75, 3.05) is 11.9 Å². The van der Waals surface area contributed by atoms with Gasteiger partial charge in [0.05, 0.1) is 5.52 Å². The number of hydrogen-bond acceptors (Lipinski definition) is 7. The molecule has 1 fully saturated rings. The van der Waals surface area contributed by atoms with Gasteiger partial charge in [0.15, 0.2) is 5.82 Å². The Morgan fingerprint density at radius 3 is 3.00 bits per heavy atom. The molecule has 0 unspecified atom stereocenters. The van der Waals surface area contributed by atoms with E-state index in [9.17, 15) is 4.79 Å². The minimum Gasteiger partial charge on any atom is -0.358 e. The molecule has 0 bridgehead atoms. The van der Waals surface area contributed by atoms with Crippen LogP contribution in [0.25, 0.3) is 10.9 Å². The van der Waals surface area contributed by atoms with Gasteiger partial charge in [0, 0.05) is 24.3 Å². The number of hydrogen-bond donors (Lipinski definition) is 2. The molecule has 1 aliphatic carbocycles. The molecule has 27 heavy (non-hydrogen) atoms. The van der Waals surface area contributed by atoms with E-state index in [0.717, 1.165) is 35.2 Å². The molecule has 1 aliphatic rings. The Hall–Kier alpha value is -3.03. The first-order chi connectivity index (χ1) is 13.1. The number of amides is 1. The van der Waals surface area contributed by atoms with Crippen LogP contribution in [0.1, 0.15) is 43.0 Å². The van der Waals surface area contributed by atoms with Crippen molar-refractivity contribution in [3.63, 3.8) is 0 Å². The Bertz CT molecular complexity index is 966. The van der Waals surface area contributed by atoms with Crippen LogP contribution in [0, 0.1) is 6.92 Å². The maximum Gasteiger partial charge on any atom is 0.242 e. The molecule has 4 rings (SSSR count). The summed E-state index contributed by atoms with van der Waals surface area (Å²) >= 11 is 0. The fourth-order valence-electron chi connectivity index (χ4n) is 2.87. The van der Waals surface area contributed by atoms with Crippen molar-refractivity contribution < 1.29 is 9.32 Å². The lowest BCUT2D eigenvalue weighted by atomic mass is 10.1. The maximum atomic E-state index is 12.4. The highest BCUT2D eigenvalue weighted by Crippen LogP contribution is 2.38. The minimum atomic E-state index is -0.434. The summed E-state index contributed by atoms with van der Waals surface area (Å²) in [5, 5.41) is 10.9. The highest BCUT2D eigenvalue weighted by molar-refractivity contribution is 5.92. The summed E-state index contributed by atoms with van der Waals surface area (Å²) in [6.45, 7) is 4.27. The zero-order chi connectivity index (χ0) is 18.8. The van der Waals surface area contributed by atoms with E-state index in [1.54, 1.807) is 6.92 Å². The van der Waals surface area contributed by atoms with E-state index in [2.05, 4.69) is 30.7 Å². The SMILES string of the molecule is Cc1ccc2ncnc(N[C@@H](C)C(=O)NCCc3noc(C4CC4)n3)c2c1. The highest BCUT2D eigenvalue weighted by atomic mass is 16.5. The molecule has 1 atom stereocenters. The first kappa shape index (κ1) is 17.4. The number of aryl methyl sites for hydroxylation is 1. The fraction of sp³-hybridized carbons (Fsp3) is 0.421. The van der Waals surface area contributed by atoms with E-state index in [-0.39, 0.29) is 5.91 Å². The molecule has 1 aromatic carbocycles. The van der Waals surface area contributed by atoms with Crippen LogP contribution in [-0.2, 0) is 11.2 Å². The van der Waals surface area contributed by atoms with E-state index in [0.29, 0.717) is 30.5 Å². The molecule has 0 radical (unpaired) electrons. The van der Waals surface area contributed by atoms with Crippen LogP contribution < -0.4 is 10.6 Å². The standard InChI is InChI=1S/C19H22N6O2/c1-11-3-6-15-14(9-11)17(22-10-21-15)23-12(2)18(26)20-8-7-16-24-19(27-25-16)13-4-5-13/h3,6,9-10,12-13H,4-5,7-8H2,1-2H3,(H,20,26)(H,21,22,23)/t12-/m0/s1. The number of nitrogens with one attached hydrogen (secondary N) is 2. The van der Waals surface area contributed by atoms with Gasteiger partial charge >= 0.3 is 0 Å². The number of carbonyl (C=O) groups excluding carboxylic acids is 1. The average molecular weight is 366 g/mol. The summed E-state index contributed by atoms with van der Waals surface area (Å²) in [6, 6.07) is 5.52. The maximum absolute atomic E-state index is 12.4. The first-order valence-corrected chi connectivity index (χ1v) is 9.18. The lowest BCUT2D eigenvalue weighted by Gasteiger charge is -2.15. The first-order valence-electron chi connectivity index (χ1n) is 9.18. The quantitative estimate of drug-likeness (QED) is 0.661. The third kappa shape index (κ3) is 4.05. The molecule has 0 saturated heterocycles. The molecule has 2 aromatic heterocycles. The van der Waals surface area contributed by atoms with Gasteiger partial charge in [-0.25, -0.2) is 9.97 Å². The zero-order valence-corrected chi connectivity index (χ0v) is 15.4. The Labute approximate surface area is 156 Å². The van der Waals surface area contributed by atoms with E-state index in [4.69, 9.17) is 4.52 Å². The molecular weight excluding hydrogens is 344 g/mol. The van der Waals surface area contributed by atoms with E-state index >= 15 is 0 Å². The van der Waals surface area contributed by atoms with Crippen molar-refractivity contribution in [1.82, 2.24) is 25.4 Å². The summed E-state index contributed by atoms with van der Waals surface area (Å²) in [6.07, 6.45) is 4.29. The summed E-state index contributed by atoms with van der Waals surface area (Å²) in [7, 11) is 0. The number of anilines is 1. The van der Waals surface area contributed by atoms with Crippen molar-refractivity contribution in [2.24, 2.45) is 0 Å². The molecule has 8 heteroatoms. The lowest BCUT2D eigenvalue weighted by Crippen LogP contribution is -2.38. The van der Waals surface area contributed by atoms with Gasteiger partial charge in [-0.3, -0.25) is 4.79 Å². The predicted octanol–water partition coefficient (Wildman–Crippen LogP) is 2.36. The van der Waals surface area contributed by atoms with Crippen molar-refractivity contribution >= 4 is 22.6 Å². The number of fused-ring (bicyclic) bond motifs is 1. The van der Waals surface area contributed by atoms with Gasteiger partial charge in [-0.15, -0.1) is 0 Å². The third-order valence-electron chi connectivity index (χ3n) is 4.60. The molecule has 140 valence electrons. The largest absolute Gasteiger partial charge is 0.358 e. The molecule has 3 aromatic rings. The fourth-order valence-corrected chi connectivity index (χ4v) is 2.87. The van der Waals surface area contributed by atoms with Gasteiger partial charge in [-0.05, 0) is 38.8 Å².